The molecule has 116 valence electrons. The van der Waals surface area contributed by atoms with Crippen LogP contribution in [0.2, 0.25) is 0 Å². The highest BCUT2D eigenvalue weighted by atomic mass is 16.2. The van der Waals surface area contributed by atoms with Crippen molar-refractivity contribution in [2.24, 2.45) is 0 Å². The van der Waals surface area contributed by atoms with Crippen molar-refractivity contribution in [3.8, 4) is 0 Å². The van der Waals surface area contributed by atoms with E-state index in [0.717, 1.165) is 11.1 Å². The molecular weight excluding hydrogens is 292 g/mol. The lowest BCUT2D eigenvalue weighted by Gasteiger charge is -2.07. The summed E-state index contributed by atoms with van der Waals surface area (Å²) < 4.78 is 1.26. The number of aromatic nitrogens is 3. The fourth-order valence-corrected chi connectivity index (χ4v) is 2.28. The Bertz CT molecular complexity index is 912. The number of nitrogens with two attached hydrogens (primary N) is 1. The summed E-state index contributed by atoms with van der Waals surface area (Å²) in [5.74, 6) is 0. The maximum Gasteiger partial charge on any atom is 0.345 e. The second-order valence-electron chi connectivity index (χ2n) is 5.27. The second-order valence-corrected chi connectivity index (χ2v) is 5.27. The van der Waals surface area contributed by atoms with Crippen LogP contribution in [0.1, 0.15) is 16.8 Å². The Morgan fingerprint density at radius 3 is 2.35 bits per heavy atom. The van der Waals surface area contributed by atoms with E-state index in [0.29, 0.717) is 17.8 Å². The lowest BCUT2D eigenvalue weighted by atomic mass is 10.1. The number of nitrogens with one attached hydrogen (secondary N) is 1. The Hall–Kier alpha value is -3.15. The fourth-order valence-electron chi connectivity index (χ4n) is 2.28. The summed E-state index contributed by atoms with van der Waals surface area (Å²) in [7, 11) is 0. The Balaban J connectivity index is 1.92. The molecular formula is C17H16N4O2. The van der Waals surface area contributed by atoms with Crippen LogP contribution in [0.3, 0.4) is 0 Å². The van der Waals surface area contributed by atoms with Crippen LogP contribution in [0.4, 0.5) is 5.69 Å². The summed E-state index contributed by atoms with van der Waals surface area (Å²) in [5.41, 5.74) is 7.48. The van der Waals surface area contributed by atoms with Gasteiger partial charge in [0.15, 0.2) is 0 Å². The average molecular weight is 308 g/mol. The van der Waals surface area contributed by atoms with Crippen molar-refractivity contribution in [3.05, 3.63) is 92.3 Å². The molecule has 0 aliphatic heterocycles. The van der Waals surface area contributed by atoms with Gasteiger partial charge in [0.25, 0.3) is 5.56 Å². The van der Waals surface area contributed by atoms with E-state index in [9.17, 15) is 9.59 Å². The van der Waals surface area contributed by atoms with Crippen LogP contribution < -0.4 is 17.0 Å². The SMILES string of the molecule is Nc1ccc(Cn2nc(Cc3ccccc3)c(=O)[nH]c2=O)cc1. The number of nitrogen functional groups attached to an aromatic ring is 1. The number of anilines is 1. The quantitative estimate of drug-likeness (QED) is 0.707. The van der Waals surface area contributed by atoms with Gasteiger partial charge in [0.05, 0.1) is 6.54 Å². The molecule has 0 radical (unpaired) electrons. The summed E-state index contributed by atoms with van der Waals surface area (Å²) in [6.07, 6.45) is 0.373. The Morgan fingerprint density at radius 2 is 1.65 bits per heavy atom. The largest absolute Gasteiger partial charge is 0.399 e. The normalized spacial score (nSPS) is 10.6. The summed E-state index contributed by atoms with van der Waals surface area (Å²) in [5, 5.41) is 4.21. The maximum absolute atomic E-state index is 11.9. The number of hydrogen-bond donors (Lipinski definition) is 2. The predicted octanol–water partition coefficient (Wildman–Crippen LogP) is 1.15. The molecule has 0 unspecified atom stereocenters. The highest BCUT2D eigenvalue weighted by Gasteiger charge is 2.08. The number of rotatable bonds is 4. The van der Waals surface area contributed by atoms with Crippen LogP contribution >= 0.6 is 0 Å². The molecule has 2 aromatic carbocycles. The molecule has 1 aromatic heterocycles. The van der Waals surface area contributed by atoms with Crippen molar-refractivity contribution in [1.29, 1.82) is 0 Å². The zero-order valence-corrected chi connectivity index (χ0v) is 12.4. The minimum Gasteiger partial charge on any atom is -0.399 e. The highest BCUT2D eigenvalue weighted by Crippen LogP contribution is 2.06. The third-order valence-corrected chi connectivity index (χ3v) is 3.48. The van der Waals surface area contributed by atoms with Gasteiger partial charge in [-0.15, -0.1) is 0 Å². The van der Waals surface area contributed by atoms with Crippen molar-refractivity contribution in [2.75, 3.05) is 5.73 Å². The number of benzene rings is 2. The molecule has 0 fully saturated rings. The van der Waals surface area contributed by atoms with E-state index in [4.69, 9.17) is 5.73 Å². The first kappa shape index (κ1) is 14.8. The summed E-state index contributed by atoms with van der Waals surface area (Å²) in [4.78, 5) is 26.2. The van der Waals surface area contributed by atoms with Gasteiger partial charge < -0.3 is 5.73 Å². The maximum atomic E-state index is 11.9. The minimum absolute atomic E-state index is 0.275. The molecule has 3 N–H and O–H groups in total. The van der Waals surface area contributed by atoms with Crippen LogP contribution in [0.25, 0.3) is 0 Å². The summed E-state index contributed by atoms with van der Waals surface area (Å²) in [6.45, 7) is 0.275. The van der Waals surface area contributed by atoms with E-state index in [1.54, 1.807) is 12.1 Å². The van der Waals surface area contributed by atoms with E-state index >= 15 is 0 Å². The Labute approximate surface area is 132 Å². The van der Waals surface area contributed by atoms with Gasteiger partial charge in [0.1, 0.15) is 5.69 Å². The van der Waals surface area contributed by atoms with E-state index < -0.39 is 11.2 Å². The minimum atomic E-state index is -0.524. The lowest BCUT2D eigenvalue weighted by molar-refractivity contribution is 0.590. The van der Waals surface area contributed by atoms with Crippen molar-refractivity contribution < 1.29 is 0 Å². The van der Waals surface area contributed by atoms with Crippen molar-refractivity contribution in [2.45, 2.75) is 13.0 Å². The van der Waals surface area contributed by atoms with Gasteiger partial charge >= 0.3 is 5.69 Å². The van der Waals surface area contributed by atoms with E-state index in [1.807, 2.05) is 42.5 Å². The van der Waals surface area contributed by atoms with Gasteiger partial charge in [0.2, 0.25) is 0 Å². The van der Waals surface area contributed by atoms with E-state index in [1.165, 1.54) is 4.68 Å². The molecule has 23 heavy (non-hydrogen) atoms. The zero-order valence-electron chi connectivity index (χ0n) is 12.4. The van der Waals surface area contributed by atoms with Crippen molar-refractivity contribution in [1.82, 2.24) is 14.8 Å². The smallest absolute Gasteiger partial charge is 0.345 e. The monoisotopic (exact) mass is 308 g/mol. The number of nitrogens with zero attached hydrogens (tertiary/aromatic N) is 2. The lowest BCUT2D eigenvalue weighted by Crippen LogP contribution is -2.35. The van der Waals surface area contributed by atoms with Gasteiger partial charge in [0, 0.05) is 12.1 Å². The molecule has 0 saturated heterocycles. The van der Waals surface area contributed by atoms with Crippen LogP contribution in [-0.2, 0) is 13.0 Å². The summed E-state index contributed by atoms with van der Waals surface area (Å²) >= 11 is 0. The Kier molecular flexibility index (Phi) is 4.05. The molecule has 0 aliphatic carbocycles. The van der Waals surface area contributed by atoms with Crippen molar-refractivity contribution >= 4 is 5.69 Å². The molecule has 3 rings (SSSR count). The van der Waals surface area contributed by atoms with Gasteiger partial charge in [-0.1, -0.05) is 42.5 Å². The first-order valence-electron chi connectivity index (χ1n) is 7.20. The first-order valence-corrected chi connectivity index (χ1v) is 7.20. The number of aromatic amines is 1. The summed E-state index contributed by atoms with van der Waals surface area (Å²) in [6, 6.07) is 16.7. The molecule has 3 aromatic rings. The third kappa shape index (κ3) is 3.55. The molecule has 6 nitrogen and oxygen atoms in total. The van der Waals surface area contributed by atoms with E-state index in [-0.39, 0.29) is 6.54 Å². The average Bonchev–Trinajstić information content (AvgIpc) is 2.55. The molecule has 1 heterocycles. The van der Waals surface area contributed by atoms with Gasteiger partial charge in [-0.05, 0) is 23.3 Å². The number of hydrogen-bond acceptors (Lipinski definition) is 4. The fraction of sp³-hybridized carbons (Fsp3) is 0.118. The molecule has 0 saturated carbocycles. The van der Waals surface area contributed by atoms with Crippen molar-refractivity contribution in [3.63, 3.8) is 0 Å². The van der Waals surface area contributed by atoms with Crippen LogP contribution in [-0.4, -0.2) is 14.8 Å². The highest BCUT2D eigenvalue weighted by molar-refractivity contribution is 5.39. The predicted molar refractivity (Wildman–Crippen MR) is 88.3 cm³/mol. The molecule has 0 spiro atoms. The molecule has 0 aliphatic rings. The molecule has 0 amide bonds. The molecule has 6 heteroatoms. The van der Waals surface area contributed by atoms with E-state index in [2.05, 4.69) is 10.1 Å². The zero-order chi connectivity index (χ0) is 16.2. The van der Waals surface area contributed by atoms with Crippen LogP contribution in [0.5, 0.6) is 0 Å². The first-order chi connectivity index (χ1) is 11.1. The molecule has 0 atom stereocenters. The molecule has 0 bridgehead atoms. The Morgan fingerprint density at radius 1 is 0.957 bits per heavy atom. The standard InChI is InChI=1S/C17H16N4O2/c18-14-8-6-13(7-9-14)11-21-17(23)19-16(22)15(20-21)10-12-4-2-1-3-5-12/h1-9H,10-11,18H2,(H,19,22,23). The number of H-pyrrole nitrogens is 1. The second kappa shape index (κ2) is 6.31. The van der Waals surface area contributed by atoms with Crippen LogP contribution in [0.15, 0.2) is 64.2 Å². The van der Waals surface area contributed by atoms with Gasteiger partial charge in [-0.3, -0.25) is 9.78 Å². The van der Waals surface area contributed by atoms with Gasteiger partial charge in [-0.25, -0.2) is 9.48 Å². The van der Waals surface area contributed by atoms with Crippen LogP contribution in [0, 0.1) is 0 Å². The topological polar surface area (TPSA) is 93.8 Å². The van der Waals surface area contributed by atoms with Gasteiger partial charge in [-0.2, -0.15) is 5.10 Å². The third-order valence-electron chi connectivity index (χ3n) is 3.48.